The predicted molar refractivity (Wildman–Crippen MR) is 129 cm³/mol. The maximum absolute atomic E-state index is 12.9. The third kappa shape index (κ3) is 4.84. The van der Waals surface area contributed by atoms with Crippen LogP contribution in [0.4, 0.5) is 10.5 Å². The highest BCUT2D eigenvalue weighted by molar-refractivity contribution is 7.89. The summed E-state index contributed by atoms with van der Waals surface area (Å²) in [6.45, 7) is 1.71. The molecule has 2 aromatic rings. The fourth-order valence-corrected chi connectivity index (χ4v) is 5.67. The van der Waals surface area contributed by atoms with Crippen molar-refractivity contribution in [2.75, 3.05) is 44.7 Å². The number of piperazine rings is 1. The fourth-order valence-electron chi connectivity index (χ4n) is 4.12. The number of hydrogen-bond donors (Lipinski definition) is 0. The molecule has 4 rings (SSSR count). The first-order valence-corrected chi connectivity index (χ1v) is 12.8. The van der Waals surface area contributed by atoms with Crippen molar-refractivity contribution >= 4 is 45.2 Å². The number of halogens is 1. The topological polar surface area (TPSA) is 108 Å². The Morgan fingerprint density at radius 3 is 2.17 bits per heavy atom. The van der Waals surface area contributed by atoms with Crippen molar-refractivity contribution in [1.82, 2.24) is 14.1 Å². The first-order valence-electron chi connectivity index (χ1n) is 11.0. The monoisotopic (exact) mass is 520 g/mol. The van der Waals surface area contributed by atoms with E-state index in [1.807, 2.05) is 0 Å². The van der Waals surface area contributed by atoms with Gasteiger partial charge in [0.15, 0.2) is 0 Å². The average Bonchev–Trinajstić information content (AvgIpc) is 3.07. The minimum absolute atomic E-state index is 0.106. The zero-order valence-corrected chi connectivity index (χ0v) is 20.8. The minimum Gasteiger partial charge on any atom is -0.497 e. The summed E-state index contributed by atoms with van der Waals surface area (Å²) in [5, 5.41) is 0.500. The van der Waals surface area contributed by atoms with Gasteiger partial charge in [-0.05, 0) is 55.5 Å². The molecule has 2 aliphatic rings. The van der Waals surface area contributed by atoms with Gasteiger partial charge < -0.3 is 9.64 Å². The Bertz CT molecular complexity index is 1230. The maximum atomic E-state index is 12.9. The van der Waals surface area contributed by atoms with E-state index in [1.54, 1.807) is 43.3 Å². The van der Waals surface area contributed by atoms with Crippen LogP contribution < -0.4 is 9.64 Å². The van der Waals surface area contributed by atoms with E-state index < -0.39 is 40.5 Å². The summed E-state index contributed by atoms with van der Waals surface area (Å²) in [4.78, 5) is 42.5. The van der Waals surface area contributed by atoms with Crippen molar-refractivity contribution in [3.05, 3.63) is 53.6 Å². The quantitative estimate of drug-likeness (QED) is 0.539. The first kappa shape index (κ1) is 25.0. The van der Waals surface area contributed by atoms with Crippen molar-refractivity contribution in [1.29, 1.82) is 0 Å². The molecule has 0 bridgehead atoms. The van der Waals surface area contributed by atoms with E-state index in [4.69, 9.17) is 16.3 Å². The van der Waals surface area contributed by atoms with Gasteiger partial charge in [-0.25, -0.2) is 13.2 Å². The molecule has 0 radical (unpaired) electrons. The second-order valence-corrected chi connectivity index (χ2v) is 10.6. The second-order valence-electron chi connectivity index (χ2n) is 8.19. The van der Waals surface area contributed by atoms with Gasteiger partial charge in [-0.1, -0.05) is 11.6 Å². The van der Waals surface area contributed by atoms with Crippen molar-refractivity contribution in [3.63, 3.8) is 0 Å². The van der Waals surface area contributed by atoms with E-state index in [-0.39, 0.29) is 31.1 Å². The van der Waals surface area contributed by atoms with Crippen LogP contribution in [0.3, 0.4) is 0 Å². The number of carbonyl (C=O) groups is 3. The van der Waals surface area contributed by atoms with E-state index in [2.05, 4.69) is 0 Å². The predicted octanol–water partition coefficient (Wildman–Crippen LogP) is 2.04. The summed E-state index contributed by atoms with van der Waals surface area (Å²) in [5.74, 6) is -0.341. The lowest BCUT2D eigenvalue weighted by molar-refractivity contribution is -0.137. The Hall–Kier alpha value is -3.15. The summed E-state index contributed by atoms with van der Waals surface area (Å²) in [5.41, 5.74) is 0.507. The van der Waals surface area contributed by atoms with E-state index in [0.717, 1.165) is 4.90 Å². The van der Waals surface area contributed by atoms with Gasteiger partial charge in [0.1, 0.15) is 18.3 Å². The summed E-state index contributed by atoms with van der Waals surface area (Å²) in [7, 11) is -2.22. The SMILES string of the molecule is COc1ccc(S(=O)(=O)N2CCN(C(=O)CN3C(=O)[C@@H](C)N(c4ccc(Cl)cc4)C3=O)CC2)cc1. The number of rotatable bonds is 6. The summed E-state index contributed by atoms with van der Waals surface area (Å²) in [6.07, 6.45) is 0. The van der Waals surface area contributed by atoms with Gasteiger partial charge in [-0.2, -0.15) is 4.31 Å². The average molecular weight is 521 g/mol. The standard InChI is InChI=1S/C23H25ClN4O6S/c1-16-22(30)27(23(31)28(16)18-5-3-17(24)4-6-18)15-21(29)25-11-13-26(14-12-25)35(32,33)20-9-7-19(34-2)8-10-20/h3-10,16H,11-15H2,1-2H3/t16-/m1/s1. The Labute approximate surface area is 208 Å². The van der Waals surface area contributed by atoms with Gasteiger partial charge in [0.2, 0.25) is 15.9 Å². The molecule has 2 fully saturated rings. The van der Waals surface area contributed by atoms with Gasteiger partial charge in [0.05, 0.1) is 12.0 Å². The summed E-state index contributed by atoms with van der Waals surface area (Å²) in [6, 6.07) is 11.3. The number of amides is 4. The minimum atomic E-state index is -3.72. The van der Waals surface area contributed by atoms with Gasteiger partial charge in [0, 0.05) is 36.9 Å². The number of benzene rings is 2. The number of carbonyl (C=O) groups excluding carboxylic acids is 3. The summed E-state index contributed by atoms with van der Waals surface area (Å²) >= 11 is 5.91. The molecule has 0 spiro atoms. The van der Waals surface area contributed by atoms with Crippen molar-refractivity contribution in [2.24, 2.45) is 0 Å². The fraction of sp³-hybridized carbons (Fsp3) is 0.348. The number of methoxy groups -OCH3 is 1. The molecule has 2 saturated heterocycles. The van der Waals surface area contributed by atoms with E-state index in [1.165, 1.54) is 33.3 Å². The smallest absolute Gasteiger partial charge is 0.332 e. The van der Waals surface area contributed by atoms with Crippen LogP contribution in [-0.4, -0.2) is 86.2 Å². The van der Waals surface area contributed by atoms with Crippen LogP contribution in [0.25, 0.3) is 0 Å². The molecule has 0 aromatic heterocycles. The van der Waals surface area contributed by atoms with Crippen molar-refractivity contribution < 1.29 is 27.5 Å². The molecule has 10 nitrogen and oxygen atoms in total. The third-order valence-corrected chi connectivity index (χ3v) is 8.30. The highest BCUT2D eigenvalue weighted by Gasteiger charge is 2.44. The third-order valence-electron chi connectivity index (χ3n) is 6.13. The zero-order valence-electron chi connectivity index (χ0n) is 19.3. The molecule has 4 amide bonds. The van der Waals surface area contributed by atoms with Crippen LogP contribution in [0.15, 0.2) is 53.4 Å². The zero-order chi connectivity index (χ0) is 25.3. The Morgan fingerprint density at radius 2 is 1.60 bits per heavy atom. The number of imide groups is 1. The highest BCUT2D eigenvalue weighted by Crippen LogP contribution is 2.27. The molecular weight excluding hydrogens is 496 g/mol. The second kappa shape index (κ2) is 9.84. The molecule has 0 aliphatic carbocycles. The Balaban J connectivity index is 1.38. The van der Waals surface area contributed by atoms with Crippen LogP contribution in [0, 0.1) is 0 Å². The van der Waals surface area contributed by atoms with E-state index >= 15 is 0 Å². The van der Waals surface area contributed by atoms with Crippen LogP contribution >= 0.6 is 11.6 Å². The lowest BCUT2D eigenvalue weighted by Gasteiger charge is -2.34. The molecule has 2 aromatic carbocycles. The lowest BCUT2D eigenvalue weighted by atomic mass is 10.2. The number of hydrogen-bond acceptors (Lipinski definition) is 6. The van der Waals surface area contributed by atoms with Crippen LogP contribution in [-0.2, 0) is 19.6 Å². The molecule has 0 unspecified atom stereocenters. The molecule has 2 heterocycles. The molecule has 35 heavy (non-hydrogen) atoms. The van der Waals surface area contributed by atoms with Crippen LogP contribution in [0.1, 0.15) is 6.92 Å². The van der Waals surface area contributed by atoms with Crippen molar-refractivity contribution in [2.45, 2.75) is 17.9 Å². The first-order chi connectivity index (χ1) is 16.6. The van der Waals surface area contributed by atoms with Crippen molar-refractivity contribution in [3.8, 4) is 5.75 Å². The van der Waals surface area contributed by atoms with Gasteiger partial charge in [-0.3, -0.25) is 19.4 Å². The normalized spacial score (nSPS) is 19.4. The molecule has 186 valence electrons. The molecule has 2 aliphatic heterocycles. The Morgan fingerprint density at radius 1 is 1.00 bits per heavy atom. The van der Waals surface area contributed by atoms with Gasteiger partial charge in [0.25, 0.3) is 5.91 Å². The number of ether oxygens (including phenoxy) is 1. The largest absolute Gasteiger partial charge is 0.497 e. The molecule has 1 atom stereocenters. The number of anilines is 1. The summed E-state index contributed by atoms with van der Waals surface area (Å²) < 4.78 is 32.2. The van der Waals surface area contributed by atoms with E-state index in [0.29, 0.717) is 16.5 Å². The van der Waals surface area contributed by atoms with Gasteiger partial charge in [-0.15, -0.1) is 0 Å². The molecule has 0 saturated carbocycles. The molecular formula is C23H25ClN4O6S. The lowest BCUT2D eigenvalue weighted by Crippen LogP contribution is -2.53. The van der Waals surface area contributed by atoms with E-state index in [9.17, 15) is 22.8 Å². The number of sulfonamides is 1. The number of nitrogens with zero attached hydrogens (tertiary/aromatic N) is 4. The van der Waals surface area contributed by atoms with Crippen LogP contribution in [0.2, 0.25) is 5.02 Å². The molecule has 0 N–H and O–H groups in total. The highest BCUT2D eigenvalue weighted by atomic mass is 35.5. The maximum Gasteiger partial charge on any atom is 0.332 e. The van der Waals surface area contributed by atoms with Gasteiger partial charge >= 0.3 is 6.03 Å². The number of urea groups is 1. The van der Waals surface area contributed by atoms with Crippen LogP contribution in [0.5, 0.6) is 5.75 Å². The Kier molecular flexibility index (Phi) is 7.02. The molecule has 12 heteroatoms.